The lowest BCUT2D eigenvalue weighted by molar-refractivity contribution is 0.785. The molecule has 1 aromatic rings. The van der Waals surface area contributed by atoms with E-state index in [2.05, 4.69) is 17.7 Å². The van der Waals surface area contributed by atoms with Crippen LogP contribution in [0.3, 0.4) is 0 Å². The Morgan fingerprint density at radius 1 is 1.73 bits per heavy atom. The minimum Gasteiger partial charge on any atom is -0.344 e. The SMILES string of the molecule is C=Cc1cccn1CC(=C)C. The van der Waals surface area contributed by atoms with Crippen LogP contribution in [0.25, 0.3) is 6.08 Å². The van der Waals surface area contributed by atoms with Crippen LogP contribution >= 0.6 is 0 Å². The fourth-order valence-corrected chi connectivity index (χ4v) is 1.05. The second-order valence-corrected chi connectivity index (χ2v) is 2.72. The van der Waals surface area contributed by atoms with Gasteiger partial charge in [0.1, 0.15) is 0 Å². The summed E-state index contributed by atoms with van der Waals surface area (Å²) in [7, 11) is 0. The minimum absolute atomic E-state index is 0.883. The number of aromatic nitrogens is 1. The van der Waals surface area contributed by atoms with E-state index >= 15 is 0 Å². The molecule has 0 saturated carbocycles. The maximum atomic E-state index is 3.85. The highest BCUT2D eigenvalue weighted by molar-refractivity contribution is 5.42. The molecule has 1 heteroatoms. The molecule has 0 aromatic carbocycles. The van der Waals surface area contributed by atoms with Gasteiger partial charge in [0.2, 0.25) is 0 Å². The van der Waals surface area contributed by atoms with Crippen LogP contribution in [0.5, 0.6) is 0 Å². The minimum atomic E-state index is 0.883. The molecule has 0 fully saturated rings. The predicted octanol–water partition coefficient (Wildman–Crippen LogP) is 2.71. The van der Waals surface area contributed by atoms with Gasteiger partial charge in [0.15, 0.2) is 0 Å². The largest absolute Gasteiger partial charge is 0.344 e. The van der Waals surface area contributed by atoms with Crippen molar-refractivity contribution in [2.24, 2.45) is 0 Å². The third-order valence-corrected chi connectivity index (χ3v) is 1.51. The van der Waals surface area contributed by atoms with Gasteiger partial charge in [0.25, 0.3) is 0 Å². The Morgan fingerprint density at radius 2 is 2.45 bits per heavy atom. The summed E-state index contributed by atoms with van der Waals surface area (Å²) in [5.74, 6) is 0. The third kappa shape index (κ3) is 1.84. The predicted molar refractivity (Wildman–Crippen MR) is 49.3 cm³/mol. The number of rotatable bonds is 3. The van der Waals surface area contributed by atoms with Crippen LogP contribution in [-0.4, -0.2) is 4.57 Å². The molecular weight excluding hydrogens is 134 g/mol. The summed E-state index contributed by atoms with van der Waals surface area (Å²) in [5.41, 5.74) is 2.30. The van der Waals surface area contributed by atoms with E-state index in [9.17, 15) is 0 Å². The Hall–Kier alpha value is -1.24. The van der Waals surface area contributed by atoms with E-state index in [-0.39, 0.29) is 0 Å². The lowest BCUT2D eigenvalue weighted by Crippen LogP contribution is -1.97. The average molecular weight is 147 g/mol. The van der Waals surface area contributed by atoms with E-state index in [0.29, 0.717) is 0 Å². The molecule has 0 atom stereocenters. The summed E-state index contributed by atoms with van der Waals surface area (Å²) in [4.78, 5) is 0. The molecule has 0 aliphatic heterocycles. The quantitative estimate of drug-likeness (QED) is 0.579. The Morgan fingerprint density at radius 3 is 3.00 bits per heavy atom. The summed E-state index contributed by atoms with van der Waals surface area (Å²) < 4.78 is 2.12. The van der Waals surface area contributed by atoms with Crippen molar-refractivity contribution in [1.82, 2.24) is 4.57 Å². The summed E-state index contributed by atoms with van der Waals surface area (Å²) >= 11 is 0. The first kappa shape index (κ1) is 7.86. The summed E-state index contributed by atoms with van der Waals surface area (Å²) in [6.07, 6.45) is 3.88. The van der Waals surface area contributed by atoms with Crippen molar-refractivity contribution < 1.29 is 0 Å². The van der Waals surface area contributed by atoms with Crippen molar-refractivity contribution in [1.29, 1.82) is 0 Å². The van der Waals surface area contributed by atoms with Gasteiger partial charge < -0.3 is 4.57 Å². The lowest BCUT2D eigenvalue weighted by atomic mass is 10.3. The smallest absolute Gasteiger partial charge is 0.0430 e. The first-order chi connectivity index (χ1) is 5.24. The molecule has 0 unspecified atom stereocenters. The van der Waals surface area contributed by atoms with Gasteiger partial charge in [-0.3, -0.25) is 0 Å². The van der Waals surface area contributed by atoms with Gasteiger partial charge in [0.05, 0.1) is 0 Å². The molecule has 58 valence electrons. The van der Waals surface area contributed by atoms with Crippen molar-refractivity contribution in [3.8, 4) is 0 Å². The molecule has 0 bridgehead atoms. The van der Waals surface area contributed by atoms with Gasteiger partial charge in [0, 0.05) is 18.4 Å². The van der Waals surface area contributed by atoms with Crippen molar-refractivity contribution in [3.05, 3.63) is 42.8 Å². The van der Waals surface area contributed by atoms with E-state index < -0.39 is 0 Å². The highest BCUT2D eigenvalue weighted by atomic mass is 15.0. The average Bonchev–Trinajstić information content (AvgIpc) is 2.34. The molecule has 0 spiro atoms. The summed E-state index contributed by atoms with van der Waals surface area (Å²) in [6, 6.07) is 4.05. The van der Waals surface area contributed by atoms with Gasteiger partial charge in [-0.05, 0) is 25.1 Å². The zero-order valence-corrected chi connectivity index (χ0v) is 6.88. The zero-order chi connectivity index (χ0) is 8.27. The first-order valence-electron chi connectivity index (χ1n) is 3.66. The molecule has 1 nitrogen and oxygen atoms in total. The van der Waals surface area contributed by atoms with Gasteiger partial charge in [-0.15, -0.1) is 0 Å². The highest BCUT2D eigenvalue weighted by Gasteiger charge is 1.94. The van der Waals surface area contributed by atoms with E-state index in [4.69, 9.17) is 0 Å². The van der Waals surface area contributed by atoms with Crippen LogP contribution in [0.1, 0.15) is 12.6 Å². The van der Waals surface area contributed by atoms with E-state index in [0.717, 1.165) is 17.8 Å². The number of nitrogens with zero attached hydrogens (tertiary/aromatic N) is 1. The van der Waals surface area contributed by atoms with Crippen LogP contribution in [-0.2, 0) is 6.54 Å². The third-order valence-electron chi connectivity index (χ3n) is 1.51. The fraction of sp³-hybridized carbons (Fsp3) is 0.200. The molecule has 11 heavy (non-hydrogen) atoms. The molecule has 1 heterocycles. The number of allylic oxidation sites excluding steroid dienone is 1. The van der Waals surface area contributed by atoms with Crippen LogP contribution in [0.4, 0.5) is 0 Å². The molecule has 1 rings (SSSR count). The van der Waals surface area contributed by atoms with Crippen molar-refractivity contribution in [2.75, 3.05) is 0 Å². The Labute approximate surface area is 67.7 Å². The van der Waals surface area contributed by atoms with Crippen LogP contribution in [0.15, 0.2) is 37.1 Å². The van der Waals surface area contributed by atoms with E-state index in [1.165, 1.54) is 0 Å². The zero-order valence-electron chi connectivity index (χ0n) is 6.88. The molecule has 0 amide bonds. The fourth-order valence-electron chi connectivity index (χ4n) is 1.05. The molecule has 0 N–H and O–H groups in total. The van der Waals surface area contributed by atoms with Crippen molar-refractivity contribution >= 4 is 6.08 Å². The maximum absolute atomic E-state index is 3.85. The molecule has 0 radical (unpaired) electrons. The van der Waals surface area contributed by atoms with Gasteiger partial charge >= 0.3 is 0 Å². The molecule has 0 saturated heterocycles. The standard InChI is InChI=1S/C10H13N/c1-4-10-6-5-7-11(10)8-9(2)3/h4-7H,1-2,8H2,3H3. The Bertz CT molecular complexity index is 268. The second kappa shape index (κ2) is 3.24. The monoisotopic (exact) mass is 147 g/mol. The van der Waals surface area contributed by atoms with E-state index in [1.807, 2.05) is 31.3 Å². The molecule has 0 aliphatic rings. The van der Waals surface area contributed by atoms with Gasteiger partial charge in [-0.25, -0.2) is 0 Å². The number of hydrogen-bond acceptors (Lipinski definition) is 0. The number of hydrogen-bond donors (Lipinski definition) is 0. The maximum Gasteiger partial charge on any atom is 0.0430 e. The van der Waals surface area contributed by atoms with Crippen molar-refractivity contribution in [2.45, 2.75) is 13.5 Å². The van der Waals surface area contributed by atoms with Crippen LogP contribution < -0.4 is 0 Å². The molecular formula is C10H13N. The van der Waals surface area contributed by atoms with E-state index in [1.54, 1.807) is 0 Å². The normalized spacial score (nSPS) is 9.55. The lowest BCUT2D eigenvalue weighted by Gasteiger charge is -2.04. The van der Waals surface area contributed by atoms with Gasteiger partial charge in [-0.2, -0.15) is 0 Å². The molecule has 1 aromatic heterocycles. The molecule has 0 aliphatic carbocycles. The van der Waals surface area contributed by atoms with Crippen molar-refractivity contribution in [3.63, 3.8) is 0 Å². The Balaban J connectivity index is 2.84. The second-order valence-electron chi connectivity index (χ2n) is 2.72. The van der Waals surface area contributed by atoms with Gasteiger partial charge in [-0.1, -0.05) is 18.7 Å². The first-order valence-corrected chi connectivity index (χ1v) is 3.66. The Kier molecular flexibility index (Phi) is 2.32. The topological polar surface area (TPSA) is 4.93 Å². The van der Waals surface area contributed by atoms with Crippen LogP contribution in [0.2, 0.25) is 0 Å². The summed E-state index contributed by atoms with van der Waals surface area (Å²) in [5, 5.41) is 0. The summed E-state index contributed by atoms with van der Waals surface area (Å²) in [6.45, 7) is 10.5. The highest BCUT2D eigenvalue weighted by Crippen LogP contribution is 2.05. The van der Waals surface area contributed by atoms with Crippen LogP contribution in [0, 0.1) is 0 Å².